The minimum atomic E-state index is 0.751. The Morgan fingerprint density at radius 1 is 0.679 bits per heavy atom. The number of benzene rings is 1. The first kappa shape index (κ1) is 15.1. The Balaban J connectivity index is 1.70. The minimum absolute atomic E-state index is 0.751. The van der Waals surface area contributed by atoms with Gasteiger partial charge < -0.3 is 4.42 Å². The van der Waals surface area contributed by atoms with E-state index in [0.29, 0.717) is 0 Å². The van der Waals surface area contributed by atoms with Gasteiger partial charge in [-0.15, -0.1) is 0 Å². The summed E-state index contributed by atoms with van der Waals surface area (Å²) in [5, 5.41) is 3.19. The van der Waals surface area contributed by atoms with Crippen LogP contribution in [0.4, 0.5) is 0 Å². The van der Waals surface area contributed by atoms with Crippen LogP contribution in [0.5, 0.6) is 0 Å². The van der Waals surface area contributed by atoms with Gasteiger partial charge in [-0.05, 0) is 42.5 Å². The molecule has 132 valence electrons. The van der Waals surface area contributed by atoms with Crippen molar-refractivity contribution >= 4 is 33.1 Å². The van der Waals surface area contributed by atoms with Gasteiger partial charge in [-0.2, -0.15) is 0 Å². The van der Waals surface area contributed by atoms with Crippen molar-refractivity contribution in [3.63, 3.8) is 0 Å². The zero-order chi connectivity index (χ0) is 18.5. The van der Waals surface area contributed by atoms with Crippen LogP contribution in [0.15, 0.2) is 89.6 Å². The molecule has 0 bridgehead atoms. The highest BCUT2D eigenvalue weighted by atomic mass is 16.3. The number of hydrogen-bond donors (Lipinski definition) is 0. The van der Waals surface area contributed by atoms with Crippen LogP contribution < -0.4 is 0 Å². The van der Waals surface area contributed by atoms with E-state index < -0.39 is 0 Å². The van der Waals surface area contributed by atoms with Gasteiger partial charge in [0.25, 0.3) is 0 Å². The summed E-state index contributed by atoms with van der Waals surface area (Å²) in [5.74, 6) is 0.751. The minimum Gasteiger partial charge on any atom is -0.439 e. The molecule has 0 saturated heterocycles. The lowest BCUT2D eigenvalue weighted by molar-refractivity contribution is 0.643. The number of para-hydroxylation sites is 1. The van der Waals surface area contributed by atoms with Crippen molar-refractivity contribution in [1.29, 1.82) is 0 Å². The number of rotatable bonds is 2. The molecule has 0 N–H and O–H groups in total. The maximum absolute atomic E-state index is 6.24. The molecule has 0 radical (unpaired) electrons. The Bertz CT molecular complexity index is 1460. The fourth-order valence-corrected chi connectivity index (χ4v) is 3.73. The third-order valence-corrected chi connectivity index (χ3v) is 4.94. The maximum Gasteiger partial charge on any atom is 0.216 e. The Morgan fingerprint density at radius 3 is 2.43 bits per heavy atom. The van der Waals surface area contributed by atoms with Crippen LogP contribution in [0.2, 0.25) is 0 Å². The molecular weight excluding hydrogens is 348 g/mol. The molecule has 5 heteroatoms. The fourth-order valence-electron chi connectivity index (χ4n) is 3.73. The van der Waals surface area contributed by atoms with Crippen LogP contribution in [0.1, 0.15) is 0 Å². The summed E-state index contributed by atoms with van der Waals surface area (Å²) in [7, 11) is 0. The third-order valence-electron chi connectivity index (χ3n) is 4.94. The molecule has 5 heterocycles. The van der Waals surface area contributed by atoms with Gasteiger partial charge in [0.15, 0.2) is 0 Å². The molecule has 6 aromatic rings. The second-order valence-corrected chi connectivity index (χ2v) is 6.58. The van der Waals surface area contributed by atoms with Crippen molar-refractivity contribution < 1.29 is 4.42 Å². The largest absolute Gasteiger partial charge is 0.439 e. The summed E-state index contributed by atoms with van der Waals surface area (Å²) < 4.78 is 8.22. The third kappa shape index (κ3) is 2.10. The van der Waals surface area contributed by atoms with Gasteiger partial charge in [0.2, 0.25) is 5.71 Å². The van der Waals surface area contributed by atoms with Gasteiger partial charge in [0, 0.05) is 23.2 Å². The first-order valence-electron chi connectivity index (χ1n) is 9.06. The number of hydrogen-bond acceptors (Lipinski definition) is 4. The number of furan rings is 1. The van der Waals surface area contributed by atoms with Crippen LogP contribution in [0.3, 0.4) is 0 Å². The molecule has 0 fully saturated rings. The smallest absolute Gasteiger partial charge is 0.216 e. The average Bonchev–Trinajstić information content (AvgIpc) is 3.29. The number of pyridine rings is 3. The van der Waals surface area contributed by atoms with Crippen molar-refractivity contribution in [2.75, 3.05) is 0 Å². The lowest BCUT2D eigenvalue weighted by Crippen LogP contribution is -1.99. The molecule has 0 aliphatic heterocycles. The molecule has 5 aromatic heterocycles. The van der Waals surface area contributed by atoms with E-state index in [2.05, 4.69) is 22.1 Å². The normalized spacial score (nSPS) is 11.6. The Labute approximate surface area is 159 Å². The molecule has 6 rings (SSSR count). The van der Waals surface area contributed by atoms with Gasteiger partial charge in [0.05, 0.1) is 16.8 Å². The second-order valence-electron chi connectivity index (χ2n) is 6.58. The molecule has 0 saturated carbocycles. The van der Waals surface area contributed by atoms with Crippen molar-refractivity contribution in [3.05, 3.63) is 85.2 Å². The maximum atomic E-state index is 6.24. The van der Waals surface area contributed by atoms with E-state index in [-0.39, 0.29) is 0 Å². The topological polar surface area (TPSA) is 56.7 Å². The molecule has 0 amide bonds. The molecule has 0 spiro atoms. The number of nitrogens with zero attached hydrogens (tertiary/aromatic N) is 4. The van der Waals surface area contributed by atoms with Gasteiger partial charge in [0.1, 0.15) is 17.0 Å². The van der Waals surface area contributed by atoms with Crippen LogP contribution in [-0.2, 0) is 0 Å². The Morgan fingerprint density at radius 2 is 1.50 bits per heavy atom. The monoisotopic (exact) mass is 362 g/mol. The predicted octanol–water partition coefficient (Wildman–Crippen LogP) is 5.38. The van der Waals surface area contributed by atoms with Crippen molar-refractivity contribution in [2.45, 2.75) is 0 Å². The van der Waals surface area contributed by atoms with E-state index in [0.717, 1.165) is 50.3 Å². The van der Waals surface area contributed by atoms with E-state index in [1.165, 1.54) is 0 Å². The summed E-state index contributed by atoms with van der Waals surface area (Å²) in [4.78, 5) is 13.9. The zero-order valence-corrected chi connectivity index (χ0v) is 14.8. The highest BCUT2D eigenvalue weighted by Gasteiger charge is 2.20. The molecule has 1 aromatic carbocycles. The van der Waals surface area contributed by atoms with Crippen molar-refractivity contribution in [3.8, 4) is 17.2 Å². The van der Waals surface area contributed by atoms with Gasteiger partial charge in [-0.25, -0.2) is 14.5 Å². The van der Waals surface area contributed by atoms with Crippen LogP contribution >= 0.6 is 0 Å². The predicted molar refractivity (Wildman–Crippen MR) is 109 cm³/mol. The lowest BCUT2D eigenvalue weighted by atomic mass is 10.1. The highest BCUT2D eigenvalue weighted by Crippen LogP contribution is 2.37. The molecule has 0 unspecified atom stereocenters. The van der Waals surface area contributed by atoms with Gasteiger partial charge in [-0.3, -0.25) is 4.98 Å². The van der Waals surface area contributed by atoms with E-state index in [1.54, 1.807) is 12.4 Å². The van der Waals surface area contributed by atoms with E-state index in [4.69, 9.17) is 9.40 Å². The second kappa shape index (κ2) is 5.76. The van der Waals surface area contributed by atoms with Gasteiger partial charge in [-0.1, -0.05) is 30.3 Å². The van der Waals surface area contributed by atoms with Crippen molar-refractivity contribution in [2.24, 2.45) is 0 Å². The van der Waals surface area contributed by atoms with Gasteiger partial charge >= 0.3 is 0 Å². The summed E-state index contributed by atoms with van der Waals surface area (Å²) in [6.45, 7) is 0. The van der Waals surface area contributed by atoms with Crippen LogP contribution in [0.25, 0.3) is 50.3 Å². The molecule has 0 aliphatic carbocycles. The van der Waals surface area contributed by atoms with E-state index in [1.807, 2.05) is 65.2 Å². The lowest BCUT2D eigenvalue weighted by Gasteiger charge is -2.06. The Kier molecular flexibility index (Phi) is 3.10. The molecule has 5 nitrogen and oxygen atoms in total. The summed E-state index contributed by atoms with van der Waals surface area (Å²) in [6, 6.07) is 23.8. The standard InChI is InChI=1S/C23H14N4O/c1-2-11-19-15(7-1)21-16-8-6-14-25-22(16)27(23(21)28-19)20-12-5-10-18(26-20)17-9-3-4-13-24-17/h1-14H. The first-order valence-corrected chi connectivity index (χ1v) is 9.06. The quantitative estimate of drug-likeness (QED) is 0.415. The van der Waals surface area contributed by atoms with Crippen molar-refractivity contribution in [1.82, 2.24) is 19.5 Å². The average molecular weight is 362 g/mol. The first-order chi connectivity index (χ1) is 13.9. The van der Waals surface area contributed by atoms with E-state index in [9.17, 15) is 0 Å². The SMILES string of the molecule is c1ccc(-c2cccc(-n3c4ncccc4c4c5ccccc5oc43)n2)nc1. The number of aromatic nitrogens is 4. The number of fused-ring (bicyclic) bond motifs is 5. The summed E-state index contributed by atoms with van der Waals surface area (Å²) in [6.07, 6.45) is 3.57. The van der Waals surface area contributed by atoms with E-state index >= 15 is 0 Å². The highest BCUT2D eigenvalue weighted by molar-refractivity contribution is 6.19. The Hall–Kier alpha value is -3.99. The molecule has 0 atom stereocenters. The summed E-state index contributed by atoms with van der Waals surface area (Å²) in [5.41, 5.74) is 4.07. The molecule has 28 heavy (non-hydrogen) atoms. The summed E-state index contributed by atoms with van der Waals surface area (Å²) >= 11 is 0. The zero-order valence-electron chi connectivity index (χ0n) is 14.8. The molecular formula is C23H14N4O. The van der Waals surface area contributed by atoms with Crippen LogP contribution in [0, 0.1) is 0 Å². The fraction of sp³-hybridized carbons (Fsp3) is 0. The van der Waals surface area contributed by atoms with Crippen LogP contribution in [-0.4, -0.2) is 19.5 Å². The molecule has 0 aliphatic rings.